The predicted octanol–water partition coefficient (Wildman–Crippen LogP) is 3.63. The molecular formula is C17H16N2O2. The minimum absolute atomic E-state index is 0.0818. The molecule has 0 spiro atoms. The van der Waals surface area contributed by atoms with Crippen LogP contribution in [0.1, 0.15) is 34.8 Å². The number of nitrogens with one attached hydrogen (secondary N) is 1. The van der Waals surface area contributed by atoms with Gasteiger partial charge in [0.2, 0.25) is 0 Å². The standard InChI is InChI=1S/C17H16N2O2/c1-11-8-9-15-14(18-11)10-16(21-15)17(20)19-12(2)13-6-4-3-5-7-13/h3-10,12H,1-2H3,(H,19,20)/t12-/m1/s1. The summed E-state index contributed by atoms with van der Waals surface area (Å²) in [6.45, 7) is 3.85. The van der Waals surface area contributed by atoms with Gasteiger partial charge in [-0.3, -0.25) is 4.79 Å². The Kier molecular flexibility index (Phi) is 3.44. The summed E-state index contributed by atoms with van der Waals surface area (Å²) in [5.41, 5.74) is 3.27. The van der Waals surface area contributed by atoms with Gasteiger partial charge < -0.3 is 9.73 Å². The van der Waals surface area contributed by atoms with Gasteiger partial charge in [-0.05, 0) is 31.5 Å². The van der Waals surface area contributed by atoms with Crippen LogP contribution in [0, 0.1) is 6.92 Å². The molecule has 1 atom stereocenters. The first-order valence-electron chi connectivity index (χ1n) is 6.86. The number of hydrogen-bond acceptors (Lipinski definition) is 3. The number of amides is 1. The first-order chi connectivity index (χ1) is 10.1. The first-order valence-corrected chi connectivity index (χ1v) is 6.86. The van der Waals surface area contributed by atoms with Crippen LogP contribution in [-0.2, 0) is 0 Å². The Morgan fingerprint density at radius 3 is 2.71 bits per heavy atom. The Morgan fingerprint density at radius 1 is 1.19 bits per heavy atom. The maximum Gasteiger partial charge on any atom is 0.287 e. The molecule has 0 unspecified atom stereocenters. The number of nitrogens with zero attached hydrogens (tertiary/aromatic N) is 1. The van der Waals surface area contributed by atoms with Gasteiger partial charge >= 0.3 is 0 Å². The van der Waals surface area contributed by atoms with Gasteiger partial charge in [-0.25, -0.2) is 4.98 Å². The molecular weight excluding hydrogens is 264 g/mol. The fourth-order valence-corrected chi connectivity index (χ4v) is 2.23. The molecule has 3 rings (SSSR count). The molecule has 1 N–H and O–H groups in total. The average molecular weight is 280 g/mol. The zero-order chi connectivity index (χ0) is 14.8. The zero-order valence-electron chi connectivity index (χ0n) is 12.0. The van der Waals surface area contributed by atoms with Gasteiger partial charge in [0.1, 0.15) is 5.52 Å². The highest BCUT2D eigenvalue weighted by Gasteiger charge is 2.16. The third-order valence-corrected chi connectivity index (χ3v) is 3.38. The lowest BCUT2D eigenvalue weighted by Crippen LogP contribution is -2.26. The normalized spacial score (nSPS) is 12.3. The van der Waals surface area contributed by atoms with Crippen molar-refractivity contribution in [2.24, 2.45) is 0 Å². The summed E-state index contributed by atoms with van der Waals surface area (Å²) in [5.74, 6) is 0.0490. The highest BCUT2D eigenvalue weighted by Crippen LogP contribution is 2.19. The third-order valence-electron chi connectivity index (χ3n) is 3.38. The van der Waals surface area contributed by atoms with Crippen LogP contribution < -0.4 is 5.32 Å². The molecule has 3 aromatic rings. The number of pyridine rings is 1. The summed E-state index contributed by atoms with van der Waals surface area (Å²) in [5, 5.41) is 2.93. The molecule has 1 aromatic carbocycles. The molecule has 0 saturated heterocycles. The molecule has 0 aliphatic carbocycles. The van der Waals surface area contributed by atoms with E-state index in [4.69, 9.17) is 4.42 Å². The van der Waals surface area contributed by atoms with Gasteiger partial charge in [0.25, 0.3) is 5.91 Å². The molecule has 0 aliphatic heterocycles. The average Bonchev–Trinajstić information content (AvgIpc) is 2.91. The van der Waals surface area contributed by atoms with E-state index in [1.54, 1.807) is 6.07 Å². The monoisotopic (exact) mass is 280 g/mol. The maximum absolute atomic E-state index is 12.3. The smallest absolute Gasteiger partial charge is 0.287 e. The van der Waals surface area contributed by atoms with E-state index >= 15 is 0 Å². The number of aromatic nitrogens is 1. The summed E-state index contributed by atoms with van der Waals surface area (Å²) in [6.07, 6.45) is 0. The van der Waals surface area contributed by atoms with Crippen molar-refractivity contribution in [1.82, 2.24) is 10.3 Å². The first kappa shape index (κ1) is 13.4. The maximum atomic E-state index is 12.3. The number of benzene rings is 1. The van der Waals surface area contributed by atoms with E-state index in [1.165, 1.54) is 0 Å². The molecule has 4 nitrogen and oxygen atoms in total. The van der Waals surface area contributed by atoms with Crippen molar-refractivity contribution in [3.63, 3.8) is 0 Å². The second-order valence-corrected chi connectivity index (χ2v) is 5.05. The second-order valence-electron chi connectivity index (χ2n) is 5.05. The van der Waals surface area contributed by atoms with Crippen molar-refractivity contribution in [3.8, 4) is 0 Å². The predicted molar refractivity (Wildman–Crippen MR) is 81.1 cm³/mol. The molecule has 4 heteroatoms. The van der Waals surface area contributed by atoms with Gasteiger partial charge in [0.15, 0.2) is 11.3 Å². The van der Waals surface area contributed by atoms with E-state index < -0.39 is 0 Å². The number of fused-ring (bicyclic) bond motifs is 1. The van der Waals surface area contributed by atoms with Crippen LogP contribution in [0.3, 0.4) is 0 Å². The lowest BCUT2D eigenvalue weighted by atomic mass is 10.1. The van der Waals surface area contributed by atoms with E-state index in [0.717, 1.165) is 11.3 Å². The van der Waals surface area contributed by atoms with Crippen LogP contribution >= 0.6 is 0 Å². The molecule has 0 saturated carbocycles. The van der Waals surface area contributed by atoms with Crippen molar-refractivity contribution in [3.05, 3.63) is 65.5 Å². The Balaban J connectivity index is 1.80. The topological polar surface area (TPSA) is 55.1 Å². The lowest BCUT2D eigenvalue weighted by Gasteiger charge is -2.12. The molecule has 0 fully saturated rings. The molecule has 1 amide bonds. The van der Waals surface area contributed by atoms with Crippen molar-refractivity contribution in [2.45, 2.75) is 19.9 Å². The molecule has 2 aromatic heterocycles. The van der Waals surface area contributed by atoms with Crippen molar-refractivity contribution in [1.29, 1.82) is 0 Å². The van der Waals surface area contributed by atoms with E-state index in [2.05, 4.69) is 10.3 Å². The molecule has 0 radical (unpaired) electrons. The highest BCUT2D eigenvalue weighted by atomic mass is 16.3. The molecule has 0 bridgehead atoms. The summed E-state index contributed by atoms with van der Waals surface area (Å²) in [7, 11) is 0. The number of carbonyl (C=O) groups excluding carboxylic acids is 1. The second kappa shape index (κ2) is 5.40. The van der Waals surface area contributed by atoms with E-state index in [9.17, 15) is 4.79 Å². The highest BCUT2D eigenvalue weighted by molar-refractivity contribution is 5.95. The SMILES string of the molecule is Cc1ccc2oc(C(=O)N[C@H](C)c3ccccc3)cc2n1. The van der Waals surface area contributed by atoms with Gasteiger partial charge in [0.05, 0.1) is 6.04 Å². The fraction of sp³-hybridized carbons (Fsp3) is 0.176. The fourth-order valence-electron chi connectivity index (χ4n) is 2.23. The number of carbonyl (C=O) groups is 1. The minimum Gasteiger partial charge on any atom is -0.449 e. The number of hydrogen-bond donors (Lipinski definition) is 1. The van der Waals surface area contributed by atoms with Gasteiger partial charge in [-0.2, -0.15) is 0 Å². The third kappa shape index (κ3) is 2.79. The van der Waals surface area contributed by atoms with Crippen molar-refractivity contribution in [2.75, 3.05) is 0 Å². The van der Waals surface area contributed by atoms with Crippen LogP contribution in [0.5, 0.6) is 0 Å². The van der Waals surface area contributed by atoms with E-state index in [-0.39, 0.29) is 17.7 Å². The minimum atomic E-state index is -0.234. The summed E-state index contributed by atoms with van der Waals surface area (Å²) >= 11 is 0. The van der Waals surface area contributed by atoms with Crippen molar-refractivity contribution < 1.29 is 9.21 Å². The number of furan rings is 1. The van der Waals surface area contributed by atoms with Gasteiger partial charge in [-0.1, -0.05) is 30.3 Å². The summed E-state index contributed by atoms with van der Waals surface area (Å²) in [4.78, 5) is 16.6. The van der Waals surface area contributed by atoms with Crippen LogP contribution in [-0.4, -0.2) is 10.9 Å². The van der Waals surface area contributed by atoms with E-state index in [1.807, 2.05) is 56.3 Å². The molecule has 21 heavy (non-hydrogen) atoms. The quantitative estimate of drug-likeness (QED) is 0.797. The summed E-state index contributed by atoms with van der Waals surface area (Å²) in [6, 6.07) is 15.1. The largest absolute Gasteiger partial charge is 0.449 e. The Labute approximate surface area is 122 Å². The summed E-state index contributed by atoms with van der Waals surface area (Å²) < 4.78 is 5.55. The molecule has 0 aliphatic rings. The zero-order valence-corrected chi connectivity index (χ0v) is 12.0. The molecule has 2 heterocycles. The van der Waals surface area contributed by atoms with Crippen LogP contribution in [0.25, 0.3) is 11.1 Å². The number of aryl methyl sites for hydroxylation is 1. The Hall–Kier alpha value is -2.62. The van der Waals surface area contributed by atoms with Crippen LogP contribution in [0.2, 0.25) is 0 Å². The lowest BCUT2D eigenvalue weighted by molar-refractivity contribution is 0.0914. The van der Waals surface area contributed by atoms with Crippen molar-refractivity contribution >= 4 is 17.0 Å². The van der Waals surface area contributed by atoms with Crippen LogP contribution in [0.15, 0.2) is 52.9 Å². The van der Waals surface area contributed by atoms with Gasteiger partial charge in [-0.15, -0.1) is 0 Å². The van der Waals surface area contributed by atoms with Crippen LogP contribution in [0.4, 0.5) is 0 Å². The van der Waals surface area contributed by atoms with Gasteiger partial charge in [0, 0.05) is 11.8 Å². The Morgan fingerprint density at radius 2 is 1.95 bits per heavy atom. The molecule has 106 valence electrons. The Bertz CT molecular complexity index is 778. The number of rotatable bonds is 3. The van der Waals surface area contributed by atoms with E-state index in [0.29, 0.717) is 11.1 Å².